The average Bonchev–Trinajstić information content (AvgIpc) is 2.83. The van der Waals surface area contributed by atoms with Gasteiger partial charge in [-0.1, -0.05) is 6.07 Å². The van der Waals surface area contributed by atoms with Crippen molar-refractivity contribution in [1.82, 2.24) is 5.32 Å². The van der Waals surface area contributed by atoms with Gasteiger partial charge in [-0.05, 0) is 37.1 Å². The number of aromatic hydroxyl groups is 2. The third-order valence-electron chi connectivity index (χ3n) is 3.12. The number of rotatable bonds is 5. The standard InChI is InChI=1S/C15H17NO4/c1-10-12(6-7-20-10)9-16-15(19)5-3-11-2-4-13(17)14(18)8-11/h2,4,6-8,17-18H,3,5,9H2,1H3,(H,16,19). The Morgan fingerprint density at radius 1 is 1.25 bits per heavy atom. The van der Waals surface area contributed by atoms with Crippen molar-refractivity contribution < 1.29 is 19.4 Å². The van der Waals surface area contributed by atoms with Gasteiger partial charge in [0.25, 0.3) is 0 Å². The van der Waals surface area contributed by atoms with Crippen molar-refractivity contribution >= 4 is 5.91 Å². The van der Waals surface area contributed by atoms with Gasteiger partial charge in [-0.2, -0.15) is 0 Å². The first kappa shape index (κ1) is 14.0. The number of phenolic OH excluding ortho intramolecular Hbond substituents is 2. The molecule has 0 radical (unpaired) electrons. The van der Waals surface area contributed by atoms with Crippen molar-refractivity contribution in [2.75, 3.05) is 0 Å². The maximum absolute atomic E-state index is 11.7. The fourth-order valence-corrected chi connectivity index (χ4v) is 1.86. The van der Waals surface area contributed by atoms with Crippen molar-refractivity contribution in [1.29, 1.82) is 0 Å². The SMILES string of the molecule is Cc1occc1CNC(=O)CCc1ccc(O)c(O)c1. The number of carbonyl (C=O) groups is 1. The Bertz CT molecular complexity index is 604. The lowest BCUT2D eigenvalue weighted by Gasteiger charge is -2.05. The molecule has 0 bridgehead atoms. The van der Waals surface area contributed by atoms with E-state index in [1.807, 2.05) is 13.0 Å². The summed E-state index contributed by atoms with van der Waals surface area (Å²) in [7, 11) is 0. The fourth-order valence-electron chi connectivity index (χ4n) is 1.86. The van der Waals surface area contributed by atoms with Gasteiger partial charge in [-0.25, -0.2) is 0 Å². The molecule has 3 N–H and O–H groups in total. The normalized spacial score (nSPS) is 10.4. The molecule has 0 unspecified atom stereocenters. The van der Waals surface area contributed by atoms with Crippen LogP contribution in [0.5, 0.6) is 11.5 Å². The molecule has 0 spiro atoms. The van der Waals surface area contributed by atoms with Gasteiger partial charge in [0.1, 0.15) is 5.76 Å². The molecule has 20 heavy (non-hydrogen) atoms. The van der Waals surface area contributed by atoms with E-state index in [9.17, 15) is 15.0 Å². The molecule has 2 aromatic rings. The maximum Gasteiger partial charge on any atom is 0.220 e. The molecular formula is C15H17NO4. The zero-order chi connectivity index (χ0) is 14.5. The van der Waals surface area contributed by atoms with Crippen LogP contribution in [-0.4, -0.2) is 16.1 Å². The summed E-state index contributed by atoms with van der Waals surface area (Å²) >= 11 is 0. The summed E-state index contributed by atoms with van der Waals surface area (Å²) in [6.45, 7) is 2.29. The number of aryl methyl sites for hydroxylation is 2. The van der Waals surface area contributed by atoms with Crippen molar-refractivity contribution in [3.63, 3.8) is 0 Å². The lowest BCUT2D eigenvalue weighted by molar-refractivity contribution is -0.121. The molecule has 5 nitrogen and oxygen atoms in total. The molecule has 1 aromatic carbocycles. The summed E-state index contributed by atoms with van der Waals surface area (Å²) in [5.74, 6) is 0.400. The van der Waals surface area contributed by atoms with E-state index in [1.165, 1.54) is 12.1 Å². The summed E-state index contributed by atoms with van der Waals surface area (Å²) in [6.07, 6.45) is 2.42. The molecule has 1 aromatic heterocycles. The highest BCUT2D eigenvalue weighted by atomic mass is 16.3. The number of nitrogens with one attached hydrogen (secondary N) is 1. The second-order valence-electron chi connectivity index (χ2n) is 4.60. The van der Waals surface area contributed by atoms with Crippen molar-refractivity contribution in [2.45, 2.75) is 26.3 Å². The van der Waals surface area contributed by atoms with E-state index in [4.69, 9.17) is 4.42 Å². The first-order valence-electron chi connectivity index (χ1n) is 6.37. The summed E-state index contributed by atoms with van der Waals surface area (Å²) in [6, 6.07) is 6.39. The van der Waals surface area contributed by atoms with Crippen LogP contribution in [0.1, 0.15) is 23.3 Å². The predicted octanol–water partition coefficient (Wildman–Crippen LogP) is 2.25. The average molecular weight is 275 g/mol. The van der Waals surface area contributed by atoms with Crippen molar-refractivity contribution in [2.24, 2.45) is 0 Å². The summed E-state index contributed by atoms with van der Waals surface area (Å²) in [5, 5.41) is 21.4. The molecule has 2 rings (SSSR count). The molecule has 5 heteroatoms. The second kappa shape index (κ2) is 6.14. The third kappa shape index (κ3) is 3.54. The lowest BCUT2D eigenvalue weighted by Crippen LogP contribution is -2.23. The Balaban J connectivity index is 1.80. The number of hydrogen-bond donors (Lipinski definition) is 3. The monoisotopic (exact) mass is 275 g/mol. The Labute approximate surface area is 116 Å². The molecule has 0 saturated carbocycles. The minimum Gasteiger partial charge on any atom is -0.504 e. The number of furan rings is 1. The smallest absolute Gasteiger partial charge is 0.220 e. The van der Waals surface area contributed by atoms with Gasteiger partial charge < -0.3 is 19.9 Å². The zero-order valence-corrected chi connectivity index (χ0v) is 11.2. The van der Waals surface area contributed by atoms with Crippen LogP contribution in [0.4, 0.5) is 0 Å². The Morgan fingerprint density at radius 3 is 2.70 bits per heavy atom. The molecule has 0 aliphatic carbocycles. The number of amides is 1. The van der Waals surface area contributed by atoms with E-state index < -0.39 is 0 Å². The van der Waals surface area contributed by atoms with Crippen LogP contribution in [0.3, 0.4) is 0 Å². The molecule has 0 aliphatic rings. The largest absolute Gasteiger partial charge is 0.504 e. The van der Waals surface area contributed by atoms with Gasteiger partial charge in [0, 0.05) is 18.5 Å². The zero-order valence-electron chi connectivity index (χ0n) is 11.2. The van der Waals surface area contributed by atoms with Crippen molar-refractivity contribution in [3.8, 4) is 11.5 Å². The summed E-state index contributed by atoms with van der Waals surface area (Å²) in [5.41, 5.74) is 1.76. The molecular weight excluding hydrogens is 258 g/mol. The fraction of sp³-hybridized carbons (Fsp3) is 0.267. The Kier molecular flexibility index (Phi) is 4.30. The minimum atomic E-state index is -0.170. The first-order valence-corrected chi connectivity index (χ1v) is 6.37. The topological polar surface area (TPSA) is 82.7 Å². The lowest BCUT2D eigenvalue weighted by atomic mass is 10.1. The molecule has 0 aliphatic heterocycles. The van der Waals surface area contributed by atoms with Crippen LogP contribution in [0.2, 0.25) is 0 Å². The van der Waals surface area contributed by atoms with E-state index in [0.29, 0.717) is 19.4 Å². The van der Waals surface area contributed by atoms with Gasteiger partial charge in [0.2, 0.25) is 5.91 Å². The van der Waals surface area contributed by atoms with Gasteiger partial charge in [-0.3, -0.25) is 4.79 Å². The maximum atomic E-state index is 11.7. The van der Waals surface area contributed by atoms with E-state index >= 15 is 0 Å². The van der Waals surface area contributed by atoms with E-state index in [0.717, 1.165) is 16.9 Å². The molecule has 1 amide bonds. The van der Waals surface area contributed by atoms with E-state index in [2.05, 4.69) is 5.32 Å². The molecule has 0 saturated heterocycles. The Morgan fingerprint density at radius 2 is 2.05 bits per heavy atom. The minimum absolute atomic E-state index is 0.0711. The number of carbonyl (C=O) groups excluding carboxylic acids is 1. The van der Waals surface area contributed by atoms with Crippen LogP contribution in [-0.2, 0) is 17.8 Å². The van der Waals surface area contributed by atoms with Crippen molar-refractivity contribution in [3.05, 3.63) is 47.4 Å². The van der Waals surface area contributed by atoms with E-state index in [1.54, 1.807) is 12.3 Å². The number of hydrogen-bond acceptors (Lipinski definition) is 4. The van der Waals surface area contributed by atoms with Crippen LogP contribution in [0.15, 0.2) is 34.9 Å². The summed E-state index contributed by atoms with van der Waals surface area (Å²) in [4.78, 5) is 11.7. The quantitative estimate of drug-likeness (QED) is 0.731. The number of benzene rings is 1. The number of phenols is 2. The molecule has 1 heterocycles. The Hall–Kier alpha value is -2.43. The van der Waals surface area contributed by atoms with Crippen LogP contribution in [0, 0.1) is 6.92 Å². The van der Waals surface area contributed by atoms with Crippen LogP contribution in [0.25, 0.3) is 0 Å². The van der Waals surface area contributed by atoms with Gasteiger partial charge in [0.15, 0.2) is 11.5 Å². The highest BCUT2D eigenvalue weighted by molar-refractivity contribution is 5.76. The van der Waals surface area contributed by atoms with Crippen LogP contribution >= 0.6 is 0 Å². The highest BCUT2D eigenvalue weighted by Crippen LogP contribution is 2.25. The first-order chi connectivity index (χ1) is 9.56. The highest BCUT2D eigenvalue weighted by Gasteiger charge is 2.06. The van der Waals surface area contributed by atoms with Gasteiger partial charge in [0.05, 0.1) is 6.26 Å². The van der Waals surface area contributed by atoms with Gasteiger partial charge in [-0.15, -0.1) is 0 Å². The third-order valence-corrected chi connectivity index (χ3v) is 3.12. The molecule has 0 fully saturated rings. The van der Waals surface area contributed by atoms with Gasteiger partial charge >= 0.3 is 0 Å². The van der Waals surface area contributed by atoms with Crippen LogP contribution < -0.4 is 5.32 Å². The summed E-state index contributed by atoms with van der Waals surface area (Å²) < 4.78 is 5.15. The van der Waals surface area contributed by atoms with E-state index in [-0.39, 0.29) is 17.4 Å². The molecule has 0 atom stereocenters. The molecule has 106 valence electrons. The predicted molar refractivity (Wildman–Crippen MR) is 73.4 cm³/mol. The second-order valence-corrected chi connectivity index (χ2v) is 4.60.